The second kappa shape index (κ2) is 5.64. The molecule has 2 fully saturated rings. The molecule has 1 N–H and O–H groups in total. The van der Waals surface area contributed by atoms with E-state index in [9.17, 15) is 4.79 Å². The Hall–Kier alpha value is -0.610. The van der Waals surface area contributed by atoms with Crippen LogP contribution >= 0.6 is 0 Å². The van der Waals surface area contributed by atoms with E-state index in [-0.39, 0.29) is 5.91 Å². The first-order valence-electron chi connectivity index (χ1n) is 6.47. The van der Waals surface area contributed by atoms with Crippen LogP contribution in [-0.4, -0.2) is 61.0 Å². The number of nitrogens with one attached hydrogen (secondary N) is 1. The summed E-state index contributed by atoms with van der Waals surface area (Å²) in [6, 6.07) is 0.520. The van der Waals surface area contributed by atoms with Crippen LogP contribution in [0.4, 0.5) is 0 Å². The van der Waals surface area contributed by atoms with E-state index in [1.165, 1.54) is 25.9 Å². The van der Waals surface area contributed by atoms with Gasteiger partial charge in [-0.1, -0.05) is 0 Å². The molecule has 92 valence electrons. The van der Waals surface area contributed by atoms with Crippen LogP contribution in [0.5, 0.6) is 0 Å². The van der Waals surface area contributed by atoms with Crippen LogP contribution in [0.25, 0.3) is 0 Å². The van der Waals surface area contributed by atoms with E-state index in [1.807, 2.05) is 4.90 Å². The van der Waals surface area contributed by atoms with Crippen LogP contribution < -0.4 is 5.32 Å². The maximum atomic E-state index is 11.2. The summed E-state index contributed by atoms with van der Waals surface area (Å²) < 4.78 is 0. The summed E-state index contributed by atoms with van der Waals surface area (Å²) in [5.41, 5.74) is 0. The van der Waals surface area contributed by atoms with Gasteiger partial charge in [-0.3, -0.25) is 4.79 Å². The highest BCUT2D eigenvalue weighted by molar-refractivity contribution is 5.73. The quantitative estimate of drug-likeness (QED) is 0.747. The van der Waals surface area contributed by atoms with E-state index >= 15 is 0 Å². The fourth-order valence-electron chi connectivity index (χ4n) is 2.65. The van der Waals surface area contributed by atoms with Crippen molar-refractivity contribution < 1.29 is 4.79 Å². The van der Waals surface area contributed by atoms with Gasteiger partial charge >= 0.3 is 0 Å². The zero-order valence-corrected chi connectivity index (χ0v) is 10.2. The van der Waals surface area contributed by atoms with Gasteiger partial charge in [0.1, 0.15) is 0 Å². The summed E-state index contributed by atoms with van der Waals surface area (Å²) >= 11 is 0. The monoisotopic (exact) mass is 225 g/mol. The Balaban J connectivity index is 1.58. The number of hydrogen-bond donors (Lipinski definition) is 1. The van der Waals surface area contributed by atoms with Crippen molar-refractivity contribution >= 4 is 5.91 Å². The smallest absolute Gasteiger partial charge is 0.219 e. The van der Waals surface area contributed by atoms with E-state index < -0.39 is 0 Å². The number of carbonyl (C=O) groups excluding carboxylic acids is 1. The van der Waals surface area contributed by atoms with Gasteiger partial charge in [0.15, 0.2) is 0 Å². The lowest BCUT2D eigenvalue weighted by Gasteiger charge is -2.18. The van der Waals surface area contributed by atoms with E-state index in [0.29, 0.717) is 6.04 Å². The van der Waals surface area contributed by atoms with Gasteiger partial charge in [0, 0.05) is 39.1 Å². The number of rotatable bonds is 4. The molecule has 0 aromatic rings. The molecule has 1 amide bonds. The Kier molecular flexibility index (Phi) is 4.18. The van der Waals surface area contributed by atoms with Crippen molar-refractivity contribution in [1.82, 2.24) is 15.1 Å². The van der Waals surface area contributed by atoms with Crippen molar-refractivity contribution in [3.05, 3.63) is 0 Å². The minimum atomic E-state index is 0.212. The summed E-state index contributed by atoms with van der Waals surface area (Å²) in [5, 5.41) is 3.56. The number of amides is 1. The maximum absolute atomic E-state index is 11.2. The van der Waals surface area contributed by atoms with Crippen LogP contribution in [0.2, 0.25) is 0 Å². The molecule has 4 nitrogen and oxygen atoms in total. The van der Waals surface area contributed by atoms with E-state index in [2.05, 4.69) is 10.2 Å². The third-order valence-electron chi connectivity index (χ3n) is 3.69. The predicted octanol–water partition coefficient (Wildman–Crippen LogP) is 0.293. The van der Waals surface area contributed by atoms with Crippen LogP contribution in [-0.2, 0) is 4.79 Å². The van der Waals surface area contributed by atoms with Crippen molar-refractivity contribution in [2.24, 2.45) is 0 Å². The highest BCUT2D eigenvalue weighted by Crippen LogP contribution is 2.09. The minimum Gasteiger partial charge on any atom is -0.341 e. The SMILES string of the molecule is CC(=O)N1CCC(NCCN2CCCC2)C1. The van der Waals surface area contributed by atoms with Crippen molar-refractivity contribution in [2.45, 2.75) is 32.2 Å². The number of hydrogen-bond acceptors (Lipinski definition) is 3. The van der Waals surface area contributed by atoms with Gasteiger partial charge in [-0.15, -0.1) is 0 Å². The highest BCUT2D eigenvalue weighted by atomic mass is 16.2. The summed E-state index contributed by atoms with van der Waals surface area (Å²) in [7, 11) is 0. The average molecular weight is 225 g/mol. The van der Waals surface area contributed by atoms with Gasteiger partial charge in [-0.25, -0.2) is 0 Å². The first-order valence-corrected chi connectivity index (χ1v) is 6.47. The largest absolute Gasteiger partial charge is 0.341 e. The molecule has 2 aliphatic rings. The summed E-state index contributed by atoms with van der Waals surface area (Å²) in [4.78, 5) is 15.6. The van der Waals surface area contributed by atoms with Gasteiger partial charge in [-0.2, -0.15) is 0 Å². The normalized spacial score (nSPS) is 26.6. The standard InChI is InChI=1S/C12H23N3O/c1-11(16)15-8-4-12(10-15)13-5-9-14-6-2-3-7-14/h12-13H,2-10H2,1H3. The van der Waals surface area contributed by atoms with E-state index in [0.717, 1.165) is 32.6 Å². The summed E-state index contributed by atoms with van der Waals surface area (Å²) in [5.74, 6) is 0.212. The van der Waals surface area contributed by atoms with Crippen LogP contribution in [0.3, 0.4) is 0 Å². The number of carbonyl (C=O) groups is 1. The predicted molar refractivity (Wildman–Crippen MR) is 64.3 cm³/mol. The molecule has 0 saturated carbocycles. The lowest BCUT2D eigenvalue weighted by molar-refractivity contribution is -0.127. The molecule has 0 aromatic carbocycles. The maximum Gasteiger partial charge on any atom is 0.219 e. The second-order valence-electron chi connectivity index (χ2n) is 4.95. The lowest BCUT2D eigenvalue weighted by Crippen LogP contribution is -2.38. The Morgan fingerprint density at radius 3 is 2.69 bits per heavy atom. The molecule has 0 radical (unpaired) electrons. The molecule has 1 unspecified atom stereocenters. The molecule has 2 heterocycles. The minimum absolute atomic E-state index is 0.212. The van der Waals surface area contributed by atoms with Gasteiger partial charge in [0.25, 0.3) is 0 Å². The van der Waals surface area contributed by atoms with Crippen LogP contribution in [0, 0.1) is 0 Å². The van der Waals surface area contributed by atoms with Crippen molar-refractivity contribution in [3.8, 4) is 0 Å². The molecule has 0 aliphatic carbocycles. The zero-order valence-electron chi connectivity index (χ0n) is 10.2. The van der Waals surface area contributed by atoms with Crippen LogP contribution in [0.15, 0.2) is 0 Å². The Morgan fingerprint density at radius 1 is 1.31 bits per heavy atom. The third-order valence-corrected chi connectivity index (χ3v) is 3.69. The fourth-order valence-corrected chi connectivity index (χ4v) is 2.65. The van der Waals surface area contributed by atoms with Gasteiger partial charge in [0.2, 0.25) is 5.91 Å². The molecule has 2 aliphatic heterocycles. The zero-order chi connectivity index (χ0) is 11.4. The van der Waals surface area contributed by atoms with Crippen LogP contribution in [0.1, 0.15) is 26.2 Å². The Labute approximate surface area is 98.0 Å². The fraction of sp³-hybridized carbons (Fsp3) is 0.917. The molecule has 2 rings (SSSR count). The number of likely N-dealkylation sites (tertiary alicyclic amines) is 2. The molecule has 0 aromatic heterocycles. The average Bonchev–Trinajstić information content (AvgIpc) is 2.87. The molecule has 1 atom stereocenters. The molecule has 16 heavy (non-hydrogen) atoms. The molecule has 4 heteroatoms. The van der Waals surface area contributed by atoms with Crippen molar-refractivity contribution in [1.29, 1.82) is 0 Å². The van der Waals surface area contributed by atoms with Gasteiger partial charge in [-0.05, 0) is 32.4 Å². The van der Waals surface area contributed by atoms with Gasteiger partial charge in [0.05, 0.1) is 0 Å². The highest BCUT2D eigenvalue weighted by Gasteiger charge is 2.23. The third kappa shape index (κ3) is 3.19. The Bertz CT molecular complexity index is 238. The van der Waals surface area contributed by atoms with E-state index in [4.69, 9.17) is 0 Å². The lowest BCUT2D eigenvalue weighted by atomic mass is 10.2. The molecule has 0 bridgehead atoms. The topological polar surface area (TPSA) is 35.6 Å². The molecule has 0 spiro atoms. The molecular weight excluding hydrogens is 202 g/mol. The molecule has 2 saturated heterocycles. The van der Waals surface area contributed by atoms with Crippen molar-refractivity contribution in [3.63, 3.8) is 0 Å². The molecular formula is C12H23N3O. The van der Waals surface area contributed by atoms with E-state index in [1.54, 1.807) is 6.92 Å². The van der Waals surface area contributed by atoms with Crippen molar-refractivity contribution in [2.75, 3.05) is 39.3 Å². The number of nitrogens with zero attached hydrogens (tertiary/aromatic N) is 2. The first kappa shape index (κ1) is 11.9. The first-order chi connectivity index (χ1) is 7.75. The summed E-state index contributed by atoms with van der Waals surface area (Å²) in [6.45, 7) is 8.25. The Morgan fingerprint density at radius 2 is 2.06 bits per heavy atom. The second-order valence-corrected chi connectivity index (χ2v) is 4.95. The summed E-state index contributed by atoms with van der Waals surface area (Å²) in [6.07, 6.45) is 3.84. The van der Waals surface area contributed by atoms with Gasteiger partial charge < -0.3 is 15.1 Å².